The molecule has 2 rings (SSSR count). The maximum absolute atomic E-state index is 6.64. The second-order valence-corrected chi connectivity index (χ2v) is 27.0. The van der Waals surface area contributed by atoms with Crippen molar-refractivity contribution in [2.75, 3.05) is 19.1 Å². The molecule has 0 radical (unpaired) electrons. The average Bonchev–Trinajstić information content (AvgIpc) is 2.94. The van der Waals surface area contributed by atoms with Gasteiger partial charge in [0.2, 0.25) is 5.88 Å². The Hall–Kier alpha value is -1.24. The molecule has 1 aromatic carbocycles. The number of ether oxygens (including phenoxy) is 2. The first-order valence-electron chi connectivity index (χ1n) is 17.1. The number of rotatable bonds is 25. The monoisotopic (exact) mass is 680 g/mol. The van der Waals surface area contributed by atoms with Gasteiger partial charge in [-0.15, -0.1) is 21.8 Å². The summed E-state index contributed by atoms with van der Waals surface area (Å²) >= 11 is 5.71. The van der Waals surface area contributed by atoms with Crippen LogP contribution in [0.2, 0.25) is 51.9 Å². The van der Waals surface area contributed by atoms with Crippen LogP contribution in [0.25, 0.3) is 11.3 Å². The molecule has 0 saturated heterocycles. The summed E-state index contributed by atoms with van der Waals surface area (Å²) in [5.74, 6) is 2.21. The highest BCUT2D eigenvalue weighted by Crippen LogP contribution is 2.25. The van der Waals surface area contributed by atoms with E-state index in [-0.39, 0.29) is 0 Å². The van der Waals surface area contributed by atoms with Crippen molar-refractivity contribution < 1.29 is 17.7 Å². The summed E-state index contributed by atoms with van der Waals surface area (Å²) < 4.78 is 24.7. The largest absolute Gasteiger partial charge is 0.494 e. The molecule has 1 aromatic heterocycles. The van der Waals surface area contributed by atoms with Crippen LogP contribution in [0.3, 0.4) is 0 Å². The summed E-state index contributed by atoms with van der Waals surface area (Å²) in [4.78, 5) is 0. The third kappa shape index (κ3) is 18.7. The highest BCUT2D eigenvalue weighted by Gasteiger charge is 2.37. The normalized spacial score (nSPS) is 12.5. The number of halogens is 1. The number of hydrogen-bond donors (Lipinski definition) is 0. The van der Waals surface area contributed by atoms with Gasteiger partial charge < -0.3 is 17.7 Å². The Morgan fingerprint density at radius 1 is 0.568 bits per heavy atom. The molecule has 10 heteroatoms. The molecule has 0 aliphatic rings. The van der Waals surface area contributed by atoms with E-state index in [4.69, 9.17) is 29.3 Å². The van der Waals surface area contributed by atoms with Crippen molar-refractivity contribution >= 4 is 36.8 Å². The Morgan fingerprint density at radius 3 is 1.66 bits per heavy atom. The minimum atomic E-state index is -2.01. The van der Waals surface area contributed by atoms with Crippen molar-refractivity contribution in [2.45, 2.75) is 135 Å². The van der Waals surface area contributed by atoms with Crippen LogP contribution in [-0.4, -0.2) is 54.5 Å². The average molecular weight is 682 g/mol. The van der Waals surface area contributed by atoms with Gasteiger partial charge in [-0.05, 0) is 101 Å². The fourth-order valence-electron chi connectivity index (χ4n) is 5.55. The molecule has 0 amide bonds. The van der Waals surface area contributed by atoms with Crippen molar-refractivity contribution in [3.8, 4) is 22.9 Å². The lowest BCUT2D eigenvalue weighted by Crippen LogP contribution is -2.51. The highest BCUT2D eigenvalue weighted by atomic mass is 35.5. The summed E-state index contributed by atoms with van der Waals surface area (Å²) in [6, 6.07) is 13.2. The number of nitrogens with zero attached hydrogens (tertiary/aromatic N) is 2. The van der Waals surface area contributed by atoms with E-state index in [1.54, 1.807) is 0 Å². The summed E-state index contributed by atoms with van der Waals surface area (Å²) in [7, 11) is -5.22. The van der Waals surface area contributed by atoms with Gasteiger partial charge in [-0.2, -0.15) is 0 Å². The predicted molar refractivity (Wildman–Crippen MR) is 194 cm³/mol. The van der Waals surface area contributed by atoms with Gasteiger partial charge in [-0.25, -0.2) is 0 Å². The minimum absolute atomic E-state index is 0.572. The number of hydrogen-bond acceptors (Lipinski definition) is 6. The van der Waals surface area contributed by atoms with Gasteiger partial charge >= 0.3 is 8.56 Å². The molecule has 2 aromatic rings. The predicted octanol–water partition coefficient (Wildman–Crippen LogP) is 11.0. The maximum atomic E-state index is 6.64. The Bertz CT molecular complexity index is 1020. The lowest BCUT2D eigenvalue weighted by molar-refractivity contribution is 0.290. The lowest BCUT2D eigenvalue weighted by atomic mass is 10.1. The second-order valence-electron chi connectivity index (χ2n) is 14.0. The van der Waals surface area contributed by atoms with E-state index in [9.17, 15) is 0 Å². The van der Waals surface area contributed by atoms with Crippen LogP contribution >= 0.6 is 11.6 Å². The quantitative estimate of drug-likeness (QED) is 0.0591. The molecule has 0 aliphatic carbocycles. The number of unbranched alkanes of at least 4 members (excludes halogenated alkanes) is 11. The standard InChI is InChI=1S/C34H61ClN2O4Si3/c1-42(2,3)40-44(6,7)41-43(4,5)30-20-16-12-10-8-9-11-14-18-28-38-32-23-21-31(22-24-32)33-25-26-34(37-36-33)39-29-19-15-13-17-27-35/h21-26H,8-20,27-30H2,1-7H3. The zero-order valence-corrected chi connectivity index (χ0v) is 32.6. The molecule has 0 N–H and O–H groups in total. The first kappa shape index (κ1) is 38.9. The molecular formula is C34H61ClN2O4Si3. The maximum Gasteiger partial charge on any atom is 0.311 e. The van der Waals surface area contributed by atoms with E-state index in [2.05, 4.69) is 56.0 Å². The van der Waals surface area contributed by atoms with Crippen molar-refractivity contribution in [3.63, 3.8) is 0 Å². The van der Waals surface area contributed by atoms with Crippen molar-refractivity contribution in [1.29, 1.82) is 0 Å². The molecule has 0 saturated carbocycles. The van der Waals surface area contributed by atoms with Gasteiger partial charge in [0.1, 0.15) is 5.75 Å². The molecule has 0 spiro atoms. The van der Waals surface area contributed by atoms with Crippen molar-refractivity contribution in [3.05, 3.63) is 36.4 Å². The first-order chi connectivity index (χ1) is 20.9. The molecule has 0 bridgehead atoms. The van der Waals surface area contributed by atoms with Crippen LogP contribution in [-0.2, 0) is 8.23 Å². The van der Waals surface area contributed by atoms with Crippen LogP contribution in [0, 0.1) is 0 Å². The third-order valence-corrected chi connectivity index (χ3v) is 17.8. The number of benzene rings is 1. The summed E-state index contributed by atoms with van der Waals surface area (Å²) in [6.45, 7) is 17.4. The molecule has 0 aliphatic heterocycles. The van der Waals surface area contributed by atoms with E-state index in [1.165, 1.54) is 57.4 Å². The molecule has 250 valence electrons. The SMILES string of the molecule is C[Si](C)(C)O[Si](C)(C)O[Si](C)(C)CCCCCCCCCCCOc1ccc(-c2ccc(OCCCCCCCl)nn2)cc1. The van der Waals surface area contributed by atoms with Crippen LogP contribution in [0.4, 0.5) is 0 Å². The van der Waals surface area contributed by atoms with E-state index in [0.717, 1.165) is 61.6 Å². The minimum Gasteiger partial charge on any atom is -0.494 e. The lowest BCUT2D eigenvalue weighted by Gasteiger charge is -2.37. The summed E-state index contributed by atoms with van der Waals surface area (Å²) in [5, 5.41) is 8.55. The Morgan fingerprint density at radius 2 is 1.11 bits per heavy atom. The van der Waals surface area contributed by atoms with Crippen LogP contribution in [0.15, 0.2) is 36.4 Å². The Labute approximate surface area is 277 Å². The topological polar surface area (TPSA) is 62.7 Å². The summed E-state index contributed by atoms with van der Waals surface area (Å²) in [5.41, 5.74) is 1.86. The van der Waals surface area contributed by atoms with Gasteiger partial charge in [0, 0.05) is 17.5 Å². The first-order valence-corrected chi connectivity index (χ1v) is 26.9. The number of aromatic nitrogens is 2. The van der Waals surface area contributed by atoms with E-state index in [1.807, 2.05) is 36.4 Å². The molecule has 0 unspecified atom stereocenters. The molecule has 0 fully saturated rings. The van der Waals surface area contributed by atoms with Gasteiger partial charge in [-0.1, -0.05) is 64.2 Å². The number of alkyl halides is 1. The second kappa shape index (κ2) is 20.8. The third-order valence-electron chi connectivity index (χ3n) is 7.33. The zero-order valence-electron chi connectivity index (χ0n) is 28.9. The fraction of sp³-hybridized carbons (Fsp3) is 0.706. The summed E-state index contributed by atoms with van der Waals surface area (Å²) in [6.07, 6.45) is 15.9. The molecule has 0 atom stereocenters. The zero-order chi connectivity index (χ0) is 32.3. The van der Waals surface area contributed by atoms with E-state index >= 15 is 0 Å². The van der Waals surface area contributed by atoms with Gasteiger partial charge in [0.25, 0.3) is 0 Å². The van der Waals surface area contributed by atoms with Gasteiger partial charge in [0.15, 0.2) is 16.6 Å². The van der Waals surface area contributed by atoms with E-state index < -0.39 is 25.2 Å². The van der Waals surface area contributed by atoms with Crippen LogP contribution < -0.4 is 9.47 Å². The van der Waals surface area contributed by atoms with E-state index in [0.29, 0.717) is 12.5 Å². The van der Waals surface area contributed by atoms with Crippen LogP contribution in [0.5, 0.6) is 11.6 Å². The van der Waals surface area contributed by atoms with Crippen molar-refractivity contribution in [2.24, 2.45) is 0 Å². The Kier molecular flexibility index (Phi) is 18.4. The van der Waals surface area contributed by atoms with Crippen molar-refractivity contribution in [1.82, 2.24) is 10.2 Å². The van der Waals surface area contributed by atoms with Gasteiger partial charge in [-0.3, -0.25) is 0 Å². The molecule has 6 nitrogen and oxygen atoms in total. The highest BCUT2D eigenvalue weighted by molar-refractivity contribution is 6.87. The van der Waals surface area contributed by atoms with Gasteiger partial charge in [0.05, 0.1) is 18.9 Å². The Balaban J connectivity index is 1.49. The molecule has 44 heavy (non-hydrogen) atoms. The smallest absolute Gasteiger partial charge is 0.311 e. The van der Waals surface area contributed by atoms with Crippen LogP contribution in [0.1, 0.15) is 83.5 Å². The fourth-order valence-corrected chi connectivity index (χ4v) is 19.0. The molecule has 1 heterocycles. The molecular weight excluding hydrogens is 620 g/mol.